The summed E-state index contributed by atoms with van der Waals surface area (Å²) in [6.45, 7) is -0.756. The van der Waals surface area contributed by atoms with Crippen molar-refractivity contribution < 1.29 is 39.5 Å². The van der Waals surface area contributed by atoms with E-state index in [9.17, 15) is 29.7 Å². The molecule has 0 spiro atoms. The number of nitrogens with one attached hydrogen (secondary N) is 1. The quantitative estimate of drug-likeness (QED) is 0.321. The van der Waals surface area contributed by atoms with Gasteiger partial charge in [-0.2, -0.15) is 0 Å². The molecule has 2 aliphatic heterocycles. The average Bonchev–Trinajstić information content (AvgIpc) is 2.84. The molecule has 1 saturated heterocycles. The summed E-state index contributed by atoms with van der Waals surface area (Å²) in [4.78, 5) is 35.4. The first-order valence-electron chi connectivity index (χ1n) is 6.98. The summed E-state index contributed by atoms with van der Waals surface area (Å²) < 4.78 is 5.11. The summed E-state index contributed by atoms with van der Waals surface area (Å²) >= 11 is 0. The van der Waals surface area contributed by atoms with Crippen molar-refractivity contribution in [1.82, 2.24) is 10.2 Å². The number of rotatable bonds is 5. The van der Waals surface area contributed by atoms with Crippen LogP contribution in [0.4, 0.5) is 0 Å². The standard InChI is InChI=1S/C13H18N2O8/c16-5-6-10(20)11(21)12(22)13(23-6)14-7(17)3-4-15-8(18)1-2-9(15)19/h1-2,6,10-13,16,20-22H,3-5H2,(H,14,17)/t6-,10-,11+,12-,13?/m1/s1. The predicted octanol–water partition coefficient (Wildman–Crippen LogP) is -3.78. The molecule has 1 unspecified atom stereocenters. The van der Waals surface area contributed by atoms with Gasteiger partial charge in [0.25, 0.3) is 11.8 Å². The zero-order valence-corrected chi connectivity index (χ0v) is 12.0. The molecule has 10 heteroatoms. The van der Waals surface area contributed by atoms with Gasteiger partial charge in [-0.3, -0.25) is 19.3 Å². The van der Waals surface area contributed by atoms with E-state index in [1.807, 2.05) is 0 Å². The number of aliphatic hydroxyl groups is 4. The topological polar surface area (TPSA) is 157 Å². The van der Waals surface area contributed by atoms with Gasteiger partial charge >= 0.3 is 0 Å². The maximum Gasteiger partial charge on any atom is 0.253 e. The number of amides is 3. The molecule has 5 N–H and O–H groups in total. The second-order valence-electron chi connectivity index (χ2n) is 5.23. The molecule has 10 nitrogen and oxygen atoms in total. The highest BCUT2D eigenvalue weighted by Gasteiger charge is 2.43. The Bertz CT molecular complexity index is 502. The van der Waals surface area contributed by atoms with E-state index in [0.29, 0.717) is 0 Å². The summed E-state index contributed by atoms with van der Waals surface area (Å²) in [5, 5.41) is 40.3. The lowest BCUT2D eigenvalue weighted by molar-refractivity contribution is -0.236. The largest absolute Gasteiger partial charge is 0.394 e. The zero-order valence-electron chi connectivity index (χ0n) is 12.0. The maximum absolute atomic E-state index is 11.8. The van der Waals surface area contributed by atoms with Crippen LogP contribution in [0, 0.1) is 0 Å². The van der Waals surface area contributed by atoms with Crippen molar-refractivity contribution in [2.45, 2.75) is 37.1 Å². The first-order chi connectivity index (χ1) is 10.8. The number of imide groups is 1. The number of ether oxygens (including phenoxy) is 1. The summed E-state index contributed by atoms with van der Waals surface area (Å²) in [7, 11) is 0. The second kappa shape index (κ2) is 7.15. The van der Waals surface area contributed by atoms with Gasteiger partial charge in [0.15, 0.2) is 6.23 Å². The number of nitrogens with zero attached hydrogens (tertiary/aromatic N) is 1. The van der Waals surface area contributed by atoms with Gasteiger partial charge in [-0.05, 0) is 0 Å². The van der Waals surface area contributed by atoms with Crippen molar-refractivity contribution in [1.29, 1.82) is 0 Å². The minimum atomic E-state index is -1.60. The molecule has 0 aromatic carbocycles. The fourth-order valence-corrected chi connectivity index (χ4v) is 2.32. The first-order valence-corrected chi connectivity index (χ1v) is 6.98. The Kier molecular flexibility index (Phi) is 5.44. The summed E-state index contributed by atoms with van der Waals surface area (Å²) in [5.41, 5.74) is 0. The summed E-state index contributed by atoms with van der Waals surface area (Å²) in [6, 6.07) is 0. The van der Waals surface area contributed by atoms with E-state index in [1.165, 1.54) is 0 Å². The van der Waals surface area contributed by atoms with E-state index in [4.69, 9.17) is 9.84 Å². The highest BCUT2D eigenvalue weighted by atomic mass is 16.6. The molecule has 0 saturated carbocycles. The SMILES string of the molecule is O=C(CCN1C(=O)C=CC1=O)NC1O[C@H](CO)[C@@H](O)[C@H](O)[C@H]1O. The molecule has 0 radical (unpaired) electrons. The van der Waals surface area contributed by atoms with Crippen LogP contribution >= 0.6 is 0 Å². The highest BCUT2D eigenvalue weighted by Crippen LogP contribution is 2.19. The monoisotopic (exact) mass is 330 g/mol. The molecule has 0 aromatic heterocycles. The van der Waals surface area contributed by atoms with Gasteiger partial charge in [0, 0.05) is 25.1 Å². The first kappa shape index (κ1) is 17.5. The van der Waals surface area contributed by atoms with Crippen LogP contribution in [0.15, 0.2) is 12.2 Å². The van der Waals surface area contributed by atoms with E-state index in [1.54, 1.807) is 0 Å². The number of carbonyl (C=O) groups is 3. The zero-order chi connectivity index (χ0) is 17.1. The molecule has 2 heterocycles. The Hall–Kier alpha value is -1.85. The lowest BCUT2D eigenvalue weighted by Crippen LogP contribution is -2.63. The molecule has 3 amide bonds. The Morgan fingerprint density at radius 2 is 1.74 bits per heavy atom. The lowest BCUT2D eigenvalue weighted by atomic mass is 9.98. The van der Waals surface area contributed by atoms with Gasteiger partial charge in [-0.1, -0.05) is 0 Å². The number of aliphatic hydroxyl groups excluding tert-OH is 4. The van der Waals surface area contributed by atoms with Crippen LogP contribution in [0.5, 0.6) is 0 Å². The third kappa shape index (κ3) is 3.74. The molecular weight excluding hydrogens is 312 g/mol. The normalized spacial score (nSPS) is 34.1. The molecule has 0 bridgehead atoms. The van der Waals surface area contributed by atoms with Gasteiger partial charge in [-0.15, -0.1) is 0 Å². The maximum atomic E-state index is 11.8. The highest BCUT2D eigenvalue weighted by molar-refractivity contribution is 6.13. The Morgan fingerprint density at radius 1 is 1.13 bits per heavy atom. The van der Waals surface area contributed by atoms with Crippen LogP contribution < -0.4 is 5.32 Å². The van der Waals surface area contributed by atoms with Crippen LogP contribution in [-0.4, -0.2) is 86.8 Å². The molecule has 2 rings (SSSR count). The molecular formula is C13H18N2O8. The van der Waals surface area contributed by atoms with Gasteiger partial charge in [0.1, 0.15) is 24.4 Å². The average molecular weight is 330 g/mol. The molecule has 23 heavy (non-hydrogen) atoms. The van der Waals surface area contributed by atoms with E-state index in [0.717, 1.165) is 17.1 Å². The molecule has 128 valence electrons. The number of carbonyl (C=O) groups excluding carboxylic acids is 3. The second-order valence-corrected chi connectivity index (χ2v) is 5.23. The lowest BCUT2D eigenvalue weighted by Gasteiger charge is -2.40. The Labute approximate surface area is 131 Å². The van der Waals surface area contributed by atoms with Crippen LogP contribution in [0.3, 0.4) is 0 Å². The van der Waals surface area contributed by atoms with E-state index in [-0.39, 0.29) is 13.0 Å². The Morgan fingerprint density at radius 3 is 2.30 bits per heavy atom. The van der Waals surface area contributed by atoms with Crippen LogP contribution in [-0.2, 0) is 19.1 Å². The fraction of sp³-hybridized carbons (Fsp3) is 0.615. The molecule has 2 aliphatic rings. The minimum absolute atomic E-state index is 0.145. The van der Waals surface area contributed by atoms with Gasteiger partial charge in [0.2, 0.25) is 5.91 Å². The van der Waals surface area contributed by atoms with Crippen molar-refractivity contribution in [3.8, 4) is 0 Å². The molecule has 0 aliphatic carbocycles. The van der Waals surface area contributed by atoms with E-state index < -0.39 is 55.0 Å². The van der Waals surface area contributed by atoms with Gasteiger partial charge < -0.3 is 30.5 Å². The van der Waals surface area contributed by atoms with Crippen molar-refractivity contribution >= 4 is 17.7 Å². The number of hydrogen-bond acceptors (Lipinski definition) is 8. The smallest absolute Gasteiger partial charge is 0.253 e. The third-order valence-corrected chi connectivity index (χ3v) is 3.66. The molecule has 1 fully saturated rings. The fourth-order valence-electron chi connectivity index (χ4n) is 2.32. The van der Waals surface area contributed by atoms with Crippen LogP contribution in [0.1, 0.15) is 6.42 Å². The molecule has 0 aromatic rings. The Balaban J connectivity index is 1.87. The number of hydrogen-bond donors (Lipinski definition) is 5. The van der Waals surface area contributed by atoms with Crippen molar-refractivity contribution in [3.63, 3.8) is 0 Å². The van der Waals surface area contributed by atoms with E-state index in [2.05, 4.69) is 5.32 Å². The van der Waals surface area contributed by atoms with Crippen molar-refractivity contribution in [3.05, 3.63) is 12.2 Å². The summed E-state index contributed by atoms with van der Waals surface area (Å²) in [5.74, 6) is -1.67. The third-order valence-electron chi connectivity index (χ3n) is 3.66. The predicted molar refractivity (Wildman–Crippen MR) is 72.4 cm³/mol. The van der Waals surface area contributed by atoms with Crippen LogP contribution in [0.25, 0.3) is 0 Å². The summed E-state index contributed by atoms with van der Waals surface area (Å²) in [6.07, 6.45) is -5.21. The van der Waals surface area contributed by atoms with Gasteiger partial charge in [-0.25, -0.2) is 0 Å². The van der Waals surface area contributed by atoms with Crippen molar-refractivity contribution in [2.75, 3.05) is 13.2 Å². The molecule has 5 atom stereocenters. The van der Waals surface area contributed by atoms with Crippen LogP contribution in [0.2, 0.25) is 0 Å². The van der Waals surface area contributed by atoms with E-state index >= 15 is 0 Å². The minimum Gasteiger partial charge on any atom is -0.394 e. The van der Waals surface area contributed by atoms with Gasteiger partial charge in [0.05, 0.1) is 6.61 Å². The van der Waals surface area contributed by atoms with Crippen molar-refractivity contribution in [2.24, 2.45) is 0 Å².